The molecule has 0 bridgehead atoms. The summed E-state index contributed by atoms with van der Waals surface area (Å²) in [5, 5.41) is 3.47. The van der Waals surface area contributed by atoms with Crippen LogP contribution in [0, 0.1) is 0 Å². The van der Waals surface area contributed by atoms with Crippen LogP contribution in [0.4, 0.5) is 5.69 Å². The fourth-order valence-corrected chi connectivity index (χ4v) is 5.16. The maximum absolute atomic E-state index is 14.0. The van der Waals surface area contributed by atoms with Gasteiger partial charge in [0.05, 0.1) is 32.3 Å². The number of furan rings is 1. The standard InChI is InChI=1S/C25H31N3O4/c1-27-21(15-28-11-13-31-16-22(27)28)23(26-18-8-5-9-19(14-18)30-2)24(29)25-20(10-12-32-25)17-6-3-4-7-17/h5,8-10,12,14-15,17,22-23,26H,3-4,6-7,11,13,16H2,1-2H3. The van der Waals surface area contributed by atoms with Gasteiger partial charge in [0, 0.05) is 37.1 Å². The van der Waals surface area contributed by atoms with Gasteiger partial charge in [-0.05, 0) is 37.0 Å². The topological polar surface area (TPSA) is 67.2 Å². The van der Waals surface area contributed by atoms with Crippen LogP contribution in [0.25, 0.3) is 0 Å². The van der Waals surface area contributed by atoms with Gasteiger partial charge in [0.1, 0.15) is 18.0 Å². The maximum atomic E-state index is 14.0. The number of methoxy groups -OCH3 is 1. The minimum atomic E-state index is -0.580. The van der Waals surface area contributed by atoms with E-state index < -0.39 is 6.04 Å². The number of nitrogens with zero attached hydrogens (tertiary/aromatic N) is 2. The van der Waals surface area contributed by atoms with E-state index in [-0.39, 0.29) is 11.9 Å². The summed E-state index contributed by atoms with van der Waals surface area (Å²) >= 11 is 0. The molecule has 2 atom stereocenters. The lowest BCUT2D eigenvalue weighted by atomic mass is 9.94. The Morgan fingerprint density at radius 3 is 2.88 bits per heavy atom. The number of ether oxygens (including phenoxy) is 2. The first-order valence-corrected chi connectivity index (χ1v) is 11.5. The van der Waals surface area contributed by atoms with Crippen molar-refractivity contribution >= 4 is 11.5 Å². The molecule has 2 aromatic rings. The van der Waals surface area contributed by atoms with Crippen molar-refractivity contribution in [3.05, 3.63) is 59.8 Å². The van der Waals surface area contributed by atoms with E-state index in [1.54, 1.807) is 13.4 Å². The quantitative estimate of drug-likeness (QED) is 0.656. The van der Waals surface area contributed by atoms with Crippen LogP contribution in [0.2, 0.25) is 0 Å². The van der Waals surface area contributed by atoms with Gasteiger partial charge in [0.25, 0.3) is 0 Å². The van der Waals surface area contributed by atoms with Crippen molar-refractivity contribution in [2.75, 3.05) is 39.2 Å². The van der Waals surface area contributed by atoms with Gasteiger partial charge in [-0.3, -0.25) is 4.79 Å². The number of hydrogen-bond acceptors (Lipinski definition) is 7. The van der Waals surface area contributed by atoms with Gasteiger partial charge in [-0.25, -0.2) is 0 Å². The summed E-state index contributed by atoms with van der Waals surface area (Å²) in [6, 6.07) is 9.08. The molecular formula is C25H31N3O4. The monoisotopic (exact) mass is 437 g/mol. The molecule has 3 heterocycles. The average Bonchev–Trinajstić information content (AvgIpc) is 3.57. The van der Waals surface area contributed by atoms with E-state index in [9.17, 15) is 4.79 Å². The summed E-state index contributed by atoms with van der Waals surface area (Å²) in [6.45, 7) is 2.12. The van der Waals surface area contributed by atoms with Gasteiger partial charge in [-0.15, -0.1) is 0 Å². The number of nitrogens with one attached hydrogen (secondary N) is 1. The van der Waals surface area contributed by atoms with Gasteiger partial charge in [0.15, 0.2) is 5.76 Å². The highest BCUT2D eigenvalue weighted by atomic mass is 16.5. The van der Waals surface area contributed by atoms with Crippen LogP contribution in [0.3, 0.4) is 0 Å². The van der Waals surface area contributed by atoms with Crippen molar-refractivity contribution in [1.29, 1.82) is 0 Å². The summed E-state index contributed by atoms with van der Waals surface area (Å²) in [5.74, 6) is 1.58. The van der Waals surface area contributed by atoms with Crippen LogP contribution in [0.5, 0.6) is 5.75 Å². The zero-order chi connectivity index (χ0) is 22.1. The molecule has 2 fully saturated rings. The molecule has 3 aliphatic rings. The van der Waals surface area contributed by atoms with Crippen LogP contribution in [-0.4, -0.2) is 61.7 Å². The number of carbonyl (C=O) groups is 1. The number of benzene rings is 1. The number of ketones is 1. The molecule has 1 aliphatic carbocycles. The Hall–Kier alpha value is -2.93. The number of morpholine rings is 1. The molecule has 1 saturated carbocycles. The molecule has 170 valence electrons. The molecule has 0 spiro atoms. The van der Waals surface area contributed by atoms with Crippen LogP contribution >= 0.6 is 0 Å². The van der Waals surface area contributed by atoms with Gasteiger partial charge in [-0.1, -0.05) is 18.9 Å². The van der Waals surface area contributed by atoms with Gasteiger partial charge < -0.3 is 29.0 Å². The minimum absolute atomic E-state index is 0.0430. The first kappa shape index (κ1) is 20.9. The average molecular weight is 438 g/mol. The molecule has 5 rings (SSSR count). The molecule has 32 heavy (non-hydrogen) atoms. The van der Waals surface area contributed by atoms with Crippen molar-refractivity contribution < 1.29 is 18.7 Å². The Bertz CT molecular complexity index is 995. The zero-order valence-electron chi connectivity index (χ0n) is 18.8. The lowest BCUT2D eigenvalue weighted by molar-refractivity contribution is -0.0195. The first-order valence-electron chi connectivity index (χ1n) is 11.5. The third kappa shape index (κ3) is 3.86. The predicted octanol–water partition coefficient (Wildman–Crippen LogP) is 4.05. The van der Waals surface area contributed by atoms with Crippen LogP contribution < -0.4 is 10.1 Å². The second kappa shape index (κ2) is 8.90. The molecule has 1 aromatic carbocycles. The fraction of sp³-hybridized carbons (Fsp3) is 0.480. The number of hydrogen-bond donors (Lipinski definition) is 1. The fourth-order valence-electron chi connectivity index (χ4n) is 5.16. The molecule has 1 aromatic heterocycles. The Kier molecular flexibility index (Phi) is 5.83. The molecule has 7 nitrogen and oxygen atoms in total. The molecule has 2 unspecified atom stereocenters. The molecule has 2 aliphatic heterocycles. The molecule has 0 amide bonds. The highest BCUT2D eigenvalue weighted by Gasteiger charge is 2.40. The van der Waals surface area contributed by atoms with Crippen molar-refractivity contribution in [3.8, 4) is 5.75 Å². The van der Waals surface area contributed by atoms with E-state index in [1.165, 1.54) is 12.8 Å². The van der Waals surface area contributed by atoms with Crippen LogP contribution in [0.1, 0.15) is 47.7 Å². The predicted molar refractivity (Wildman–Crippen MR) is 122 cm³/mol. The van der Waals surface area contributed by atoms with Crippen LogP contribution in [0.15, 0.2) is 52.9 Å². The summed E-state index contributed by atoms with van der Waals surface area (Å²) in [5.41, 5.74) is 2.79. The summed E-state index contributed by atoms with van der Waals surface area (Å²) in [4.78, 5) is 18.4. The smallest absolute Gasteiger partial charge is 0.226 e. The Labute approximate surface area is 189 Å². The molecule has 1 N–H and O–H groups in total. The van der Waals surface area contributed by atoms with E-state index in [0.29, 0.717) is 24.9 Å². The third-order valence-corrected chi connectivity index (χ3v) is 6.95. The number of Topliss-reactive ketones (excluding diaryl/α,β-unsaturated/α-hetero) is 1. The number of anilines is 1. The van der Waals surface area contributed by atoms with Crippen molar-refractivity contribution in [2.24, 2.45) is 0 Å². The number of rotatable bonds is 7. The second-order valence-corrected chi connectivity index (χ2v) is 8.82. The highest BCUT2D eigenvalue weighted by molar-refractivity contribution is 6.02. The summed E-state index contributed by atoms with van der Waals surface area (Å²) < 4.78 is 16.9. The Morgan fingerprint density at radius 1 is 1.25 bits per heavy atom. The normalized spacial score (nSPS) is 21.9. The van der Waals surface area contributed by atoms with E-state index in [2.05, 4.69) is 21.3 Å². The van der Waals surface area contributed by atoms with E-state index in [1.807, 2.05) is 37.4 Å². The zero-order valence-corrected chi connectivity index (χ0v) is 18.8. The van der Waals surface area contributed by atoms with E-state index in [4.69, 9.17) is 13.9 Å². The number of carbonyl (C=O) groups excluding carboxylic acids is 1. The molecule has 7 heteroatoms. The van der Waals surface area contributed by atoms with Crippen molar-refractivity contribution in [1.82, 2.24) is 9.80 Å². The molecular weight excluding hydrogens is 406 g/mol. The van der Waals surface area contributed by atoms with Crippen molar-refractivity contribution in [2.45, 2.75) is 43.8 Å². The lowest BCUT2D eigenvalue weighted by Gasteiger charge is -2.35. The van der Waals surface area contributed by atoms with Gasteiger partial charge in [-0.2, -0.15) is 0 Å². The molecule has 0 radical (unpaired) electrons. The maximum Gasteiger partial charge on any atom is 0.226 e. The van der Waals surface area contributed by atoms with Gasteiger partial charge in [0.2, 0.25) is 5.78 Å². The third-order valence-electron chi connectivity index (χ3n) is 6.95. The number of likely N-dealkylation sites (N-methyl/N-ethyl adjacent to an activating group) is 1. The SMILES string of the molecule is COc1cccc(NC(C(=O)c2occc2C2CCCC2)C2=CN3CCOCC3N2C)c1. The highest BCUT2D eigenvalue weighted by Crippen LogP contribution is 2.38. The van der Waals surface area contributed by atoms with Crippen LogP contribution in [-0.2, 0) is 4.74 Å². The first-order chi connectivity index (χ1) is 15.7. The number of fused-ring (bicyclic) bond motifs is 1. The second-order valence-electron chi connectivity index (χ2n) is 8.82. The Morgan fingerprint density at radius 2 is 2.09 bits per heavy atom. The summed E-state index contributed by atoms with van der Waals surface area (Å²) in [7, 11) is 3.67. The molecule has 1 saturated heterocycles. The van der Waals surface area contributed by atoms with Gasteiger partial charge >= 0.3 is 0 Å². The minimum Gasteiger partial charge on any atom is -0.497 e. The summed E-state index contributed by atoms with van der Waals surface area (Å²) in [6.07, 6.45) is 8.51. The lowest BCUT2D eigenvalue weighted by Crippen LogP contribution is -2.48. The van der Waals surface area contributed by atoms with E-state index in [0.717, 1.165) is 42.1 Å². The van der Waals surface area contributed by atoms with E-state index >= 15 is 0 Å². The largest absolute Gasteiger partial charge is 0.497 e. The van der Waals surface area contributed by atoms with Crippen molar-refractivity contribution in [3.63, 3.8) is 0 Å². The Balaban J connectivity index is 1.50.